The van der Waals surface area contributed by atoms with Crippen molar-refractivity contribution in [1.82, 2.24) is 0 Å². The molecule has 2 atom stereocenters. The summed E-state index contributed by atoms with van der Waals surface area (Å²) in [5.41, 5.74) is 3.82. The number of nitrogens with zero attached hydrogens (tertiary/aromatic N) is 4. The largest absolute Gasteiger partial charge is 0.357 e. The smallest absolute Gasteiger partial charge is 0.258 e. The van der Waals surface area contributed by atoms with E-state index in [0.717, 1.165) is 16.8 Å². The Kier molecular flexibility index (Phi) is 10.9. The number of amides is 1. The van der Waals surface area contributed by atoms with E-state index in [1.807, 2.05) is 36.4 Å². The summed E-state index contributed by atoms with van der Waals surface area (Å²) in [5.74, 6) is -1.29. The van der Waals surface area contributed by atoms with E-state index >= 15 is 0 Å². The Morgan fingerprint density at radius 3 is 1.50 bits per heavy atom. The van der Waals surface area contributed by atoms with Gasteiger partial charge in [-0.25, -0.2) is 0 Å². The molecule has 2 N–H and O–H groups in total. The fraction of sp³-hybridized carbons (Fsp3) is 0.121. The number of carbonyl (C=O) groups excluding carboxylic acids is 3. The van der Waals surface area contributed by atoms with Crippen LogP contribution in [0.1, 0.15) is 13.8 Å². The van der Waals surface area contributed by atoms with Crippen molar-refractivity contribution in [3.63, 3.8) is 0 Å². The van der Waals surface area contributed by atoms with Gasteiger partial charge in [0, 0.05) is 17.1 Å². The lowest BCUT2D eigenvalue weighted by Gasteiger charge is -2.14. The van der Waals surface area contributed by atoms with Crippen molar-refractivity contribution in [2.24, 2.45) is 20.5 Å². The van der Waals surface area contributed by atoms with Crippen molar-refractivity contribution < 1.29 is 14.4 Å². The Bertz CT molecular complexity index is 1610. The molecule has 11 heteroatoms. The number of halogens is 2. The van der Waals surface area contributed by atoms with Gasteiger partial charge in [0.1, 0.15) is 11.4 Å². The molecule has 0 aliphatic heterocycles. The number of para-hydroxylation sites is 2. The van der Waals surface area contributed by atoms with Gasteiger partial charge in [0.2, 0.25) is 6.04 Å². The lowest BCUT2D eigenvalue weighted by Crippen LogP contribution is -2.31. The second-order valence-electron chi connectivity index (χ2n) is 9.66. The first kappa shape index (κ1) is 31.9. The highest BCUT2D eigenvalue weighted by Gasteiger charge is 2.23. The molecule has 0 fully saturated rings. The van der Waals surface area contributed by atoms with Crippen LogP contribution in [0.15, 0.2) is 130 Å². The maximum absolute atomic E-state index is 12.6. The van der Waals surface area contributed by atoms with Crippen LogP contribution >= 0.6 is 23.2 Å². The maximum Gasteiger partial charge on any atom is 0.258 e. The topological polar surface area (TPSA) is 125 Å². The van der Waals surface area contributed by atoms with Gasteiger partial charge in [0.05, 0.1) is 10.0 Å². The molecule has 44 heavy (non-hydrogen) atoms. The average molecular weight is 628 g/mol. The van der Waals surface area contributed by atoms with Crippen LogP contribution in [0.25, 0.3) is 11.1 Å². The minimum Gasteiger partial charge on any atom is -0.357 e. The number of carbonyl (C=O) groups is 3. The molecular formula is C33H28Cl2N6O3. The summed E-state index contributed by atoms with van der Waals surface area (Å²) in [5, 5.41) is 22.7. The zero-order valence-electron chi connectivity index (χ0n) is 23.9. The van der Waals surface area contributed by atoms with Crippen molar-refractivity contribution in [1.29, 1.82) is 0 Å². The number of benzene rings is 4. The van der Waals surface area contributed by atoms with Gasteiger partial charge in [0.25, 0.3) is 5.91 Å². The first-order valence-corrected chi connectivity index (χ1v) is 14.2. The van der Waals surface area contributed by atoms with Gasteiger partial charge in [-0.1, -0.05) is 78.3 Å². The molecule has 0 heterocycles. The molecule has 2 unspecified atom stereocenters. The van der Waals surface area contributed by atoms with Crippen LogP contribution in [0.5, 0.6) is 0 Å². The molecule has 4 aromatic carbocycles. The van der Waals surface area contributed by atoms with E-state index in [-0.39, 0.29) is 16.5 Å². The highest BCUT2D eigenvalue weighted by molar-refractivity contribution is 6.34. The van der Waals surface area contributed by atoms with Gasteiger partial charge in [-0.15, -0.1) is 0 Å². The molecule has 0 saturated carbocycles. The lowest BCUT2D eigenvalue weighted by molar-refractivity contribution is -0.126. The van der Waals surface area contributed by atoms with E-state index in [0.29, 0.717) is 22.1 Å². The Balaban J connectivity index is 1.47. The molecular weight excluding hydrogens is 599 g/mol. The summed E-state index contributed by atoms with van der Waals surface area (Å²) in [4.78, 5) is 37.0. The van der Waals surface area contributed by atoms with Crippen molar-refractivity contribution >= 4 is 63.4 Å². The minimum absolute atomic E-state index is 0.228. The number of azo groups is 2. The Morgan fingerprint density at radius 2 is 1.07 bits per heavy atom. The van der Waals surface area contributed by atoms with Crippen LogP contribution in [0.3, 0.4) is 0 Å². The Labute approximate surface area is 264 Å². The predicted molar refractivity (Wildman–Crippen MR) is 174 cm³/mol. The van der Waals surface area contributed by atoms with Gasteiger partial charge < -0.3 is 10.6 Å². The van der Waals surface area contributed by atoms with E-state index in [1.165, 1.54) is 13.8 Å². The summed E-state index contributed by atoms with van der Waals surface area (Å²) >= 11 is 13.0. The predicted octanol–water partition coefficient (Wildman–Crippen LogP) is 9.01. The van der Waals surface area contributed by atoms with Crippen molar-refractivity contribution in [2.45, 2.75) is 25.9 Å². The van der Waals surface area contributed by atoms with E-state index in [2.05, 4.69) is 37.7 Å². The minimum atomic E-state index is -1.33. The molecule has 0 radical (unpaired) electrons. The highest BCUT2D eigenvalue weighted by Crippen LogP contribution is 2.35. The standard InChI is InChI=1S/C33H28Cl2N6O3/c1-20(36-25-10-6-4-7-11-25)31(21(2)42)40-38-29-16-14-23(18-27(29)34)24-15-17-30(28(35)19-24)39-41-32(22(3)43)33(44)37-26-12-8-5-9-13-26/h4-19,31-32,36H,1H2,2-3H3,(H,37,44). The third-order valence-electron chi connectivity index (χ3n) is 6.26. The van der Waals surface area contributed by atoms with Gasteiger partial charge in [-0.05, 0) is 73.5 Å². The molecule has 0 aromatic heterocycles. The normalized spacial score (nSPS) is 12.5. The summed E-state index contributed by atoms with van der Waals surface area (Å²) in [6, 6.07) is 26.0. The van der Waals surface area contributed by atoms with E-state index in [1.54, 1.807) is 60.7 Å². The number of Topliss-reactive ketones (excluding diaryl/α,β-unsaturated/α-hetero) is 2. The summed E-state index contributed by atoms with van der Waals surface area (Å²) in [6.45, 7) is 6.63. The Hall–Kier alpha value is -4.99. The maximum atomic E-state index is 12.6. The summed E-state index contributed by atoms with van der Waals surface area (Å²) in [7, 11) is 0. The van der Waals surface area contributed by atoms with Crippen LogP contribution in [0.2, 0.25) is 10.0 Å². The van der Waals surface area contributed by atoms with Gasteiger partial charge in [0.15, 0.2) is 17.6 Å². The number of anilines is 2. The lowest BCUT2D eigenvalue weighted by atomic mass is 10.0. The van der Waals surface area contributed by atoms with Crippen molar-refractivity contribution in [2.75, 3.05) is 10.6 Å². The van der Waals surface area contributed by atoms with Gasteiger partial charge >= 0.3 is 0 Å². The van der Waals surface area contributed by atoms with E-state index in [4.69, 9.17) is 23.2 Å². The molecule has 4 aromatic rings. The third kappa shape index (κ3) is 8.53. The molecule has 4 rings (SSSR count). The molecule has 0 bridgehead atoms. The fourth-order valence-corrected chi connectivity index (χ4v) is 4.43. The molecule has 222 valence electrons. The number of hydrogen-bond acceptors (Lipinski definition) is 8. The average Bonchev–Trinajstić information content (AvgIpc) is 2.99. The van der Waals surface area contributed by atoms with E-state index in [9.17, 15) is 14.4 Å². The molecule has 9 nitrogen and oxygen atoms in total. The monoisotopic (exact) mass is 626 g/mol. The number of hydrogen-bond donors (Lipinski definition) is 2. The Morgan fingerprint density at radius 1 is 0.636 bits per heavy atom. The quantitative estimate of drug-likeness (QED) is 0.120. The van der Waals surface area contributed by atoms with Crippen LogP contribution in [0.4, 0.5) is 22.7 Å². The van der Waals surface area contributed by atoms with Gasteiger partial charge in [-0.2, -0.15) is 20.5 Å². The highest BCUT2D eigenvalue weighted by atomic mass is 35.5. The molecule has 0 aliphatic carbocycles. The van der Waals surface area contributed by atoms with Crippen molar-refractivity contribution in [3.8, 4) is 11.1 Å². The third-order valence-corrected chi connectivity index (χ3v) is 6.86. The summed E-state index contributed by atoms with van der Waals surface area (Å²) < 4.78 is 0. The number of ketones is 2. The zero-order chi connectivity index (χ0) is 31.6. The summed E-state index contributed by atoms with van der Waals surface area (Å²) in [6.07, 6.45) is 0. The van der Waals surface area contributed by atoms with Crippen LogP contribution in [-0.2, 0) is 14.4 Å². The molecule has 1 amide bonds. The molecule has 0 saturated heterocycles. The zero-order valence-corrected chi connectivity index (χ0v) is 25.4. The van der Waals surface area contributed by atoms with Crippen LogP contribution in [0, 0.1) is 0 Å². The fourth-order valence-electron chi connectivity index (χ4n) is 4.00. The second kappa shape index (κ2) is 15.0. The van der Waals surface area contributed by atoms with Crippen LogP contribution < -0.4 is 10.6 Å². The first-order chi connectivity index (χ1) is 21.1. The van der Waals surface area contributed by atoms with E-state index < -0.39 is 23.8 Å². The molecule has 0 spiro atoms. The number of nitrogens with one attached hydrogen (secondary N) is 2. The molecule has 0 aliphatic rings. The SMILES string of the molecule is C=C(Nc1ccccc1)C(N=Nc1ccc(-c2ccc(N=NC(C(C)=O)C(=O)Nc3ccccc3)c(Cl)c2)cc1Cl)C(C)=O. The second-order valence-corrected chi connectivity index (χ2v) is 10.5. The van der Waals surface area contributed by atoms with Gasteiger partial charge in [-0.3, -0.25) is 14.4 Å². The van der Waals surface area contributed by atoms with Crippen LogP contribution in [-0.4, -0.2) is 29.6 Å². The number of rotatable bonds is 12. The first-order valence-electron chi connectivity index (χ1n) is 13.4. The van der Waals surface area contributed by atoms with Crippen molar-refractivity contribution in [3.05, 3.63) is 119 Å².